The molecule has 50 heavy (non-hydrogen) atoms. The summed E-state index contributed by atoms with van der Waals surface area (Å²) in [6, 6.07) is 46.4. The molecule has 0 nitrogen and oxygen atoms in total. The largest absolute Gasteiger partial charge is 0.0622 e. The molecule has 0 spiro atoms. The Kier molecular flexibility index (Phi) is 6.49. The minimum Gasteiger partial charge on any atom is -0.0622 e. The van der Waals surface area contributed by atoms with Crippen molar-refractivity contribution in [2.75, 3.05) is 0 Å². The van der Waals surface area contributed by atoms with E-state index in [1.807, 2.05) is 0 Å². The average Bonchev–Trinajstić information content (AvgIpc) is 3.65. The van der Waals surface area contributed by atoms with Crippen molar-refractivity contribution in [3.8, 4) is 0 Å². The fourth-order valence-corrected chi connectivity index (χ4v) is 9.19. The van der Waals surface area contributed by atoms with Crippen molar-refractivity contribution in [1.29, 1.82) is 0 Å². The predicted molar refractivity (Wildman–Crippen MR) is 218 cm³/mol. The molecule has 0 aliphatic carbocycles. The van der Waals surface area contributed by atoms with E-state index in [1.54, 1.807) is 0 Å². The van der Waals surface area contributed by atoms with Gasteiger partial charge in [0.1, 0.15) is 0 Å². The smallest absolute Gasteiger partial charge is 0.00170 e. The summed E-state index contributed by atoms with van der Waals surface area (Å²) >= 11 is 0. The first-order valence-corrected chi connectivity index (χ1v) is 18.3. The predicted octanol–water partition coefficient (Wildman–Crippen LogP) is 13.4. The van der Waals surface area contributed by atoms with Crippen LogP contribution < -0.4 is 0 Å². The fourth-order valence-electron chi connectivity index (χ4n) is 9.19. The van der Waals surface area contributed by atoms with Gasteiger partial charge in [0.25, 0.3) is 0 Å². The van der Waals surface area contributed by atoms with Crippen LogP contribution in [0, 0.1) is 27.7 Å². The second kappa shape index (κ2) is 11.0. The monoisotopic (exact) mass is 640 g/mol. The lowest BCUT2D eigenvalue weighted by Crippen LogP contribution is -1.91. The number of benzene rings is 8. The van der Waals surface area contributed by atoms with Crippen LogP contribution in [0.3, 0.4) is 0 Å². The lowest BCUT2D eigenvalue weighted by atomic mass is 9.89. The highest BCUT2D eigenvalue weighted by molar-refractivity contribution is 6.41. The minimum atomic E-state index is 1.05. The van der Waals surface area contributed by atoms with E-state index in [2.05, 4.69) is 149 Å². The highest BCUT2D eigenvalue weighted by Gasteiger charge is 2.22. The molecule has 0 bridgehead atoms. The number of hydrogen-bond acceptors (Lipinski definition) is 0. The SMILES string of the molecule is Cc1cc2c3cc4c5ccc(CCc6ccccc6)cc5c5c(C)c(C)cc(c3cc3c6ccc(CCc7ccccc7)cc6c(c1C)c23)c45. The summed E-state index contributed by atoms with van der Waals surface area (Å²) in [5.41, 5.74) is 11.2. The van der Waals surface area contributed by atoms with Crippen molar-refractivity contribution >= 4 is 75.4 Å². The van der Waals surface area contributed by atoms with E-state index in [-0.39, 0.29) is 0 Å². The molecule has 10 rings (SSSR count). The van der Waals surface area contributed by atoms with Crippen LogP contribution in [-0.2, 0) is 25.7 Å². The van der Waals surface area contributed by atoms with Crippen molar-refractivity contribution < 1.29 is 0 Å². The van der Waals surface area contributed by atoms with Gasteiger partial charge in [-0.2, -0.15) is 0 Å². The molecule has 0 aliphatic heterocycles. The number of hydrogen-bond donors (Lipinski definition) is 0. The van der Waals surface area contributed by atoms with Crippen molar-refractivity contribution in [3.05, 3.63) is 166 Å². The van der Waals surface area contributed by atoms with Crippen LogP contribution >= 0.6 is 0 Å². The first kappa shape index (κ1) is 29.5. The molecule has 0 atom stereocenters. The summed E-state index contributed by atoms with van der Waals surface area (Å²) < 4.78 is 0. The summed E-state index contributed by atoms with van der Waals surface area (Å²) in [6.07, 6.45) is 4.22. The second-order valence-electron chi connectivity index (χ2n) is 14.9. The van der Waals surface area contributed by atoms with E-state index < -0.39 is 0 Å². The zero-order chi connectivity index (χ0) is 33.7. The molecule has 0 saturated carbocycles. The van der Waals surface area contributed by atoms with Crippen LogP contribution in [0.2, 0.25) is 0 Å². The number of aryl methyl sites for hydroxylation is 8. The Morgan fingerprint density at radius 3 is 1.06 bits per heavy atom. The zero-order valence-electron chi connectivity index (χ0n) is 29.4. The third-order valence-corrected chi connectivity index (χ3v) is 12.1. The van der Waals surface area contributed by atoms with Gasteiger partial charge in [-0.05, 0) is 185 Å². The van der Waals surface area contributed by atoms with Crippen molar-refractivity contribution in [2.45, 2.75) is 53.4 Å². The maximum atomic E-state index is 2.54. The Balaban J connectivity index is 1.22. The van der Waals surface area contributed by atoms with Crippen molar-refractivity contribution in [2.24, 2.45) is 0 Å². The van der Waals surface area contributed by atoms with Gasteiger partial charge in [0.05, 0.1) is 0 Å². The summed E-state index contributed by atoms with van der Waals surface area (Å²) in [6.45, 7) is 9.26. The quantitative estimate of drug-likeness (QED) is 0.159. The molecular weight excluding hydrogens is 601 g/mol. The molecule has 0 amide bonds. The molecule has 0 radical (unpaired) electrons. The van der Waals surface area contributed by atoms with Crippen molar-refractivity contribution in [1.82, 2.24) is 0 Å². The average molecular weight is 641 g/mol. The van der Waals surface area contributed by atoms with Crippen LogP contribution in [0.4, 0.5) is 0 Å². The molecular formula is C50H40. The van der Waals surface area contributed by atoms with E-state index in [1.165, 1.54) is 120 Å². The van der Waals surface area contributed by atoms with Gasteiger partial charge in [-0.15, -0.1) is 0 Å². The first-order valence-electron chi connectivity index (χ1n) is 18.3. The van der Waals surface area contributed by atoms with E-state index in [0.29, 0.717) is 0 Å². The van der Waals surface area contributed by atoms with Crippen LogP contribution in [0.15, 0.2) is 121 Å². The van der Waals surface area contributed by atoms with E-state index >= 15 is 0 Å². The first-order chi connectivity index (χ1) is 24.4. The molecule has 10 aromatic rings. The summed E-state index contributed by atoms with van der Waals surface area (Å²) in [7, 11) is 0. The van der Waals surface area contributed by atoms with Crippen LogP contribution in [0.25, 0.3) is 75.4 Å². The molecule has 0 heterocycles. The Bertz CT molecular complexity index is 2720. The molecule has 0 aromatic heterocycles. The Hall–Kier alpha value is -5.46. The third-order valence-electron chi connectivity index (χ3n) is 12.1. The molecule has 10 aromatic carbocycles. The lowest BCUT2D eigenvalue weighted by molar-refractivity contribution is 0.963. The van der Waals surface area contributed by atoms with Crippen LogP contribution in [0.5, 0.6) is 0 Å². The number of rotatable bonds is 6. The summed E-state index contributed by atoms with van der Waals surface area (Å²) in [5.74, 6) is 0. The fraction of sp³-hybridized carbons (Fsp3) is 0.160. The minimum absolute atomic E-state index is 1.05. The normalized spacial score (nSPS) is 12.3. The topological polar surface area (TPSA) is 0 Å². The Morgan fingerprint density at radius 2 is 0.640 bits per heavy atom. The molecule has 240 valence electrons. The van der Waals surface area contributed by atoms with E-state index in [0.717, 1.165) is 25.7 Å². The Morgan fingerprint density at radius 1 is 0.280 bits per heavy atom. The van der Waals surface area contributed by atoms with Gasteiger partial charge in [0.2, 0.25) is 0 Å². The second-order valence-corrected chi connectivity index (χ2v) is 14.9. The molecule has 0 aliphatic rings. The van der Waals surface area contributed by atoms with Gasteiger partial charge >= 0.3 is 0 Å². The maximum Gasteiger partial charge on any atom is -0.00170 e. The van der Waals surface area contributed by atoms with Gasteiger partial charge in [-0.1, -0.05) is 109 Å². The van der Waals surface area contributed by atoms with Gasteiger partial charge < -0.3 is 0 Å². The Labute approximate surface area is 293 Å². The van der Waals surface area contributed by atoms with E-state index in [4.69, 9.17) is 0 Å². The highest BCUT2D eigenvalue weighted by atomic mass is 14.3. The summed E-state index contributed by atoms with van der Waals surface area (Å²) in [5, 5.41) is 19.6. The summed E-state index contributed by atoms with van der Waals surface area (Å²) in [4.78, 5) is 0. The van der Waals surface area contributed by atoms with Gasteiger partial charge in [-0.3, -0.25) is 0 Å². The van der Waals surface area contributed by atoms with E-state index in [9.17, 15) is 0 Å². The standard InChI is InChI=1S/C50H40/c1-29-23-41-39-27-46-38-22-20-36(18-16-34-13-9-6-10-14-34)26-44(38)48-32(4)30(2)24-42(50(46)48)40(39)28-45-37-21-19-35(17-15-33-11-7-5-8-12-33)25-43(37)47(31(29)3)49(41)45/h5-14,19-28H,15-18H2,1-4H3. The third kappa shape index (κ3) is 4.31. The van der Waals surface area contributed by atoms with Gasteiger partial charge in [0.15, 0.2) is 0 Å². The molecule has 0 unspecified atom stereocenters. The van der Waals surface area contributed by atoms with Crippen LogP contribution in [0.1, 0.15) is 44.5 Å². The van der Waals surface area contributed by atoms with Gasteiger partial charge in [0, 0.05) is 0 Å². The van der Waals surface area contributed by atoms with Crippen LogP contribution in [-0.4, -0.2) is 0 Å². The van der Waals surface area contributed by atoms with Gasteiger partial charge in [-0.25, -0.2) is 0 Å². The highest BCUT2D eigenvalue weighted by Crippen LogP contribution is 2.49. The van der Waals surface area contributed by atoms with Crippen molar-refractivity contribution in [3.63, 3.8) is 0 Å². The molecule has 0 N–H and O–H groups in total. The molecule has 0 fully saturated rings. The maximum absolute atomic E-state index is 2.54. The zero-order valence-corrected chi connectivity index (χ0v) is 29.4. The lowest BCUT2D eigenvalue weighted by Gasteiger charge is -2.14. The molecule has 0 heteroatoms. The number of fused-ring (bicyclic) bond motifs is 9. The molecule has 0 saturated heterocycles.